The highest BCUT2D eigenvalue weighted by atomic mass is 35.5. The molecule has 140 valence electrons. The average molecular weight is 412 g/mol. The van der Waals surface area contributed by atoms with Gasteiger partial charge in [0.2, 0.25) is 0 Å². The van der Waals surface area contributed by atoms with Crippen LogP contribution in [0.25, 0.3) is 0 Å². The van der Waals surface area contributed by atoms with Crippen molar-refractivity contribution in [3.05, 3.63) is 99.3 Å². The summed E-state index contributed by atoms with van der Waals surface area (Å²) in [5, 5.41) is 0.881. The van der Waals surface area contributed by atoms with Crippen LogP contribution in [0.3, 0.4) is 0 Å². The quantitative estimate of drug-likeness (QED) is 0.465. The molecule has 2 nitrogen and oxygen atoms in total. The molecule has 27 heavy (non-hydrogen) atoms. The highest BCUT2D eigenvalue weighted by Crippen LogP contribution is 2.34. The SMILES string of the molecule is FC(F)(F)c1cccc(COC(c2cccnc2)c2ccc(Cl)cc2Cl)c1. The minimum Gasteiger partial charge on any atom is -0.364 e. The van der Waals surface area contributed by atoms with E-state index in [0.717, 1.165) is 17.7 Å². The fourth-order valence-corrected chi connectivity index (χ4v) is 3.14. The Morgan fingerprint density at radius 1 is 1.00 bits per heavy atom. The Morgan fingerprint density at radius 3 is 2.48 bits per heavy atom. The fourth-order valence-electron chi connectivity index (χ4n) is 2.63. The molecule has 0 saturated heterocycles. The summed E-state index contributed by atoms with van der Waals surface area (Å²) in [6.07, 6.45) is -1.75. The molecule has 0 saturated carbocycles. The zero-order valence-corrected chi connectivity index (χ0v) is 15.4. The van der Waals surface area contributed by atoms with Crippen LogP contribution in [0.4, 0.5) is 13.2 Å². The topological polar surface area (TPSA) is 22.1 Å². The van der Waals surface area contributed by atoms with Crippen LogP contribution >= 0.6 is 23.2 Å². The summed E-state index contributed by atoms with van der Waals surface area (Å²) < 4.78 is 44.7. The minimum absolute atomic E-state index is 0.0254. The minimum atomic E-state index is -4.40. The van der Waals surface area contributed by atoms with Gasteiger partial charge < -0.3 is 4.74 Å². The normalized spacial score (nSPS) is 12.8. The van der Waals surface area contributed by atoms with Gasteiger partial charge in [-0.15, -0.1) is 0 Å². The van der Waals surface area contributed by atoms with Crippen LogP contribution in [0.1, 0.15) is 28.4 Å². The predicted octanol–water partition coefficient (Wildman–Crippen LogP) is 6.71. The number of hydrogen-bond donors (Lipinski definition) is 0. The summed E-state index contributed by atoms with van der Waals surface area (Å²) in [5.74, 6) is 0. The second kappa shape index (κ2) is 8.30. The van der Waals surface area contributed by atoms with E-state index in [4.69, 9.17) is 27.9 Å². The molecular weight excluding hydrogens is 398 g/mol. The molecule has 3 rings (SSSR count). The van der Waals surface area contributed by atoms with E-state index in [0.29, 0.717) is 21.2 Å². The van der Waals surface area contributed by atoms with Gasteiger partial charge in [-0.2, -0.15) is 13.2 Å². The first kappa shape index (κ1) is 19.7. The fraction of sp³-hybridized carbons (Fsp3) is 0.150. The zero-order valence-electron chi connectivity index (χ0n) is 13.9. The number of benzene rings is 2. The summed E-state index contributed by atoms with van der Waals surface area (Å²) >= 11 is 12.3. The van der Waals surface area contributed by atoms with Crippen molar-refractivity contribution in [2.45, 2.75) is 18.9 Å². The number of aromatic nitrogens is 1. The molecule has 0 spiro atoms. The largest absolute Gasteiger partial charge is 0.416 e. The zero-order chi connectivity index (χ0) is 19.4. The van der Waals surface area contributed by atoms with E-state index >= 15 is 0 Å². The molecule has 0 fully saturated rings. The maximum absolute atomic E-state index is 12.9. The van der Waals surface area contributed by atoms with Crippen molar-refractivity contribution in [1.82, 2.24) is 4.98 Å². The molecule has 0 radical (unpaired) electrons. The molecule has 0 aliphatic rings. The van der Waals surface area contributed by atoms with Crippen molar-refractivity contribution in [3.8, 4) is 0 Å². The molecule has 1 heterocycles. The molecule has 3 aromatic rings. The van der Waals surface area contributed by atoms with E-state index in [9.17, 15) is 13.2 Å². The molecule has 7 heteroatoms. The summed E-state index contributed by atoms with van der Waals surface area (Å²) in [5.41, 5.74) is 1.07. The Labute approximate surface area is 164 Å². The first-order valence-electron chi connectivity index (χ1n) is 7.97. The highest BCUT2D eigenvalue weighted by Gasteiger charge is 2.30. The van der Waals surface area contributed by atoms with Gasteiger partial charge in [-0.05, 0) is 35.9 Å². The van der Waals surface area contributed by atoms with E-state index in [1.54, 1.807) is 42.7 Å². The van der Waals surface area contributed by atoms with E-state index in [1.807, 2.05) is 6.07 Å². The lowest BCUT2D eigenvalue weighted by molar-refractivity contribution is -0.137. The van der Waals surface area contributed by atoms with Crippen LogP contribution in [0.15, 0.2) is 67.0 Å². The number of rotatable bonds is 5. The molecule has 2 aromatic carbocycles. The van der Waals surface area contributed by atoms with Gasteiger partial charge in [0.15, 0.2) is 0 Å². The maximum Gasteiger partial charge on any atom is 0.416 e. The molecule has 1 atom stereocenters. The lowest BCUT2D eigenvalue weighted by atomic mass is 10.0. The van der Waals surface area contributed by atoms with Gasteiger partial charge in [-0.3, -0.25) is 4.98 Å². The molecule has 0 aliphatic heterocycles. The standard InChI is InChI=1S/C20H14Cl2F3NO/c21-16-6-7-17(18(22)10-16)19(14-4-2-8-26-11-14)27-12-13-3-1-5-15(9-13)20(23,24)25/h1-11,19H,12H2. The Hall–Kier alpha value is -2.08. The summed E-state index contributed by atoms with van der Waals surface area (Å²) in [4.78, 5) is 4.08. The van der Waals surface area contributed by atoms with Crippen LogP contribution in [0.2, 0.25) is 10.0 Å². The van der Waals surface area contributed by atoms with Gasteiger partial charge in [0.25, 0.3) is 0 Å². The van der Waals surface area contributed by atoms with Gasteiger partial charge in [-0.1, -0.05) is 47.5 Å². The van der Waals surface area contributed by atoms with E-state index in [-0.39, 0.29) is 6.61 Å². The summed E-state index contributed by atoms with van der Waals surface area (Å²) in [6.45, 7) is -0.0254. The van der Waals surface area contributed by atoms with Crippen LogP contribution in [0.5, 0.6) is 0 Å². The van der Waals surface area contributed by atoms with E-state index < -0.39 is 17.8 Å². The number of nitrogens with zero attached hydrogens (tertiary/aromatic N) is 1. The number of alkyl halides is 3. The van der Waals surface area contributed by atoms with Crippen molar-refractivity contribution in [3.63, 3.8) is 0 Å². The predicted molar refractivity (Wildman–Crippen MR) is 98.8 cm³/mol. The Kier molecular flexibility index (Phi) is 6.05. The Bertz CT molecular complexity index is 917. The third-order valence-electron chi connectivity index (χ3n) is 3.90. The lowest BCUT2D eigenvalue weighted by Crippen LogP contribution is -2.09. The molecule has 0 amide bonds. The third kappa shape index (κ3) is 5.01. The van der Waals surface area contributed by atoms with Crippen molar-refractivity contribution < 1.29 is 17.9 Å². The number of hydrogen-bond acceptors (Lipinski definition) is 2. The summed E-state index contributed by atoms with van der Waals surface area (Å²) in [7, 11) is 0. The van der Waals surface area contributed by atoms with Gasteiger partial charge in [0.05, 0.1) is 12.2 Å². The maximum atomic E-state index is 12.9. The highest BCUT2D eigenvalue weighted by molar-refractivity contribution is 6.35. The molecule has 0 bridgehead atoms. The molecule has 0 aliphatic carbocycles. The first-order valence-corrected chi connectivity index (χ1v) is 8.73. The molecule has 1 aromatic heterocycles. The van der Waals surface area contributed by atoms with Crippen molar-refractivity contribution >= 4 is 23.2 Å². The van der Waals surface area contributed by atoms with E-state index in [2.05, 4.69) is 4.98 Å². The third-order valence-corrected chi connectivity index (χ3v) is 4.47. The molecule has 1 unspecified atom stereocenters. The van der Waals surface area contributed by atoms with Crippen LogP contribution < -0.4 is 0 Å². The number of ether oxygens (including phenoxy) is 1. The molecule has 0 N–H and O–H groups in total. The Balaban J connectivity index is 1.89. The average Bonchev–Trinajstić information content (AvgIpc) is 2.64. The van der Waals surface area contributed by atoms with Crippen LogP contribution in [-0.2, 0) is 17.5 Å². The van der Waals surface area contributed by atoms with Crippen molar-refractivity contribution in [1.29, 1.82) is 0 Å². The lowest BCUT2D eigenvalue weighted by Gasteiger charge is -2.20. The molecular formula is C20H14Cl2F3NO. The van der Waals surface area contributed by atoms with Gasteiger partial charge in [-0.25, -0.2) is 0 Å². The van der Waals surface area contributed by atoms with Crippen LogP contribution in [0, 0.1) is 0 Å². The number of pyridine rings is 1. The number of halogens is 5. The second-order valence-corrected chi connectivity index (χ2v) is 6.69. The van der Waals surface area contributed by atoms with Gasteiger partial charge >= 0.3 is 6.18 Å². The Morgan fingerprint density at radius 2 is 1.81 bits per heavy atom. The summed E-state index contributed by atoms with van der Waals surface area (Å²) in [6, 6.07) is 13.6. The van der Waals surface area contributed by atoms with Crippen molar-refractivity contribution in [2.75, 3.05) is 0 Å². The second-order valence-electron chi connectivity index (χ2n) is 5.84. The smallest absolute Gasteiger partial charge is 0.364 e. The van der Waals surface area contributed by atoms with E-state index in [1.165, 1.54) is 6.07 Å². The van der Waals surface area contributed by atoms with Gasteiger partial charge in [0.1, 0.15) is 6.10 Å². The monoisotopic (exact) mass is 411 g/mol. The van der Waals surface area contributed by atoms with Crippen LogP contribution in [-0.4, -0.2) is 4.98 Å². The van der Waals surface area contributed by atoms with Crippen molar-refractivity contribution in [2.24, 2.45) is 0 Å². The first-order chi connectivity index (χ1) is 12.8. The van der Waals surface area contributed by atoms with Gasteiger partial charge in [0, 0.05) is 33.6 Å².